The minimum absolute atomic E-state index is 0.315. The Hall–Kier alpha value is -1.65. The van der Waals surface area contributed by atoms with Crippen LogP contribution < -0.4 is 10.0 Å². The summed E-state index contributed by atoms with van der Waals surface area (Å²) in [6, 6.07) is 14.5. The molecule has 25 heavy (non-hydrogen) atoms. The normalized spacial score (nSPS) is 12.8. The van der Waals surface area contributed by atoms with Gasteiger partial charge in [0, 0.05) is 6.42 Å². The van der Waals surface area contributed by atoms with Gasteiger partial charge in [-0.05, 0) is 49.2 Å². The van der Waals surface area contributed by atoms with E-state index in [0.29, 0.717) is 24.9 Å². The molecule has 0 aliphatic carbocycles. The van der Waals surface area contributed by atoms with Crippen LogP contribution in [0.3, 0.4) is 0 Å². The molecule has 1 unspecified atom stereocenters. The van der Waals surface area contributed by atoms with Gasteiger partial charge < -0.3 is 18.9 Å². The predicted molar refractivity (Wildman–Crippen MR) is 98.6 cm³/mol. The Morgan fingerprint density at radius 2 is 1.52 bits per heavy atom. The summed E-state index contributed by atoms with van der Waals surface area (Å²) in [6.45, 7) is 4.20. The van der Waals surface area contributed by atoms with Crippen molar-refractivity contribution < 1.29 is 23.5 Å². The van der Waals surface area contributed by atoms with Crippen LogP contribution in [0.4, 0.5) is 0 Å². The van der Waals surface area contributed by atoms with Crippen molar-refractivity contribution in [2.75, 3.05) is 20.3 Å². The van der Waals surface area contributed by atoms with E-state index < -0.39 is 13.7 Å². The van der Waals surface area contributed by atoms with Crippen LogP contribution in [-0.2, 0) is 20.0 Å². The fourth-order valence-corrected chi connectivity index (χ4v) is 4.07. The molecule has 0 aromatic heterocycles. The van der Waals surface area contributed by atoms with Gasteiger partial charge in [-0.25, -0.2) is 0 Å². The quantitative estimate of drug-likeness (QED) is 0.685. The summed E-state index contributed by atoms with van der Waals surface area (Å²) in [4.78, 5) is 0. The van der Waals surface area contributed by atoms with Crippen LogP contribution in [0.15, 0.2) is 48.5 Å². The molecule has 0 radical (unpaired) electrons. The first-order valence-electron chi connectivity index (χ1n) is 8.33. The summed E-state index contributed by atoms with van der Waals surface area (Å²) in [5.41, 5.74) is 1.76. The first-order valence-corrected chi connectivity index (χ1v) is 9.87. The maximum absolute atomic E-state index is 12.7. The molecule has 6 heteroatoms. The lowest BCUT2D eigenvalue weighted by molar-refractivity contribution is 0.178. The monoisotopic (exact) mass is 364 g/mol. The van der Waals surface area contributed by atoms with Crippen LogP contribution in [0.25, 0.3) is 0 Å². The molecule has 0 aliphatic heterocycles. The fraction of sp³-hybridized carbons (Fsp3) is 0.368. The molecule has 0 bridgehead atoms. The number of rotatable bonds is 9. The summed E-state index contributed by atoms with van der Waals surface area (Å²) < 4.78 is 28.5. The second-order valence-electron chi connectivity index (χ2n) is 5.49. The number of methoxy groups -OCH3 is 1. The van der Waals surface area contributed by atoms with Crippen molar-refractivity contribution in [2.24, 2.45) is 0 Å². The third-order valence-electron chi connectivity index (χ3n) is 3.78. The largest absolute Gasteiger partial charge is 0.497 e. The minimum atomic E-state index is -3.27. The van der Waals surface area contributed by atoms with Gasteiger partial charge in [0.1, 0.15) is 5.75 Å². The van der Waals surface area contributed by atoms with Crippen molar-refractivity contribution in [1.29, 1.82) is 0 Å². The SMILES string of the molecule is CCOP(=O)(OCC)c1ccc(CC(O)c2ccc(OC)cc2)cc1. The molecule has 0 saturated heterocycles. The molecule has 0 aliphatic rings. The number of benzene rings is 2. The number of hydrogen-bond donors (Lipinski definition) is 1. The van der Waals surface area contributed by atoms with Crippen LogP contribution in [-0.4, -0.2) is 25.4 Å². The molecule has 2 rings (SSSR count). The molecule has 2 aromatic carbocycles. The standard InChI is InChI=1S/C19H25O5P/c1-4-23-25(21,24-5-2)18-12-6-15(7-13-18)14-19(20)16-8-10-17(22-3)11-9-16/h6-13,19-20H,4-5,14H2,1-3H3. The van der Waals surface area contributed by atoms with Crippen LogP contribution in [0.1, 0.15) is 31.1 Å². The smallest absolute Gasteiger partial charge is 0.361 e. The van der Waals surface area contributed by atoms with Gasteiger partial charge in [-0.3, -0.25) is 4.57 Å². The Bertz CT molecular complexity index is 687. The van der Waals surface area contributed by atoms with E-state index in [9.17, 15) is 9.67 Å². The van der Waals surface area contributed by atoms with Crippen molar-refractivity contribution in [3.8, 4) is 5.75 Å². The van der Waals surface area contributed by atoms with Gasteiger partial charge in [-0.1, -0.05) is 24.3 Å². The van der Waals surface area contributed by atoms with Gasteiger partial charge in [-0.2, -0.15) is 0 Å². The molecule has 5 nitrogen and oxygen atoms in total. The molecule has 136 valence electrons. The summed E-state index contributed by atoms with van der Waals surface area (Å²) in [6.07, 6.45) is -0.164. The Labute approximate surface area is 149 Å². The van der Waals surface area contributed by atoms with E-state index in [2.05, 4.69) is 0 Å². The highest BCUT2D eigenvalue weighted by molar-refractivity contribution is 7.62. The number of ether oxygens (including phenoxy) is 1. The topological polar surface area (TPSA) is 65.0 Å². The lowest BCUT2D eigenvalue weighted by Crippen LogP contribution is -2.11. The van der Waals surface area contributed by atoms with Gasteiger partial charge in [0.15, 0.2) is 0 Å². The van der Waals surface area contributed by atoms with E-state index in [1.54, 1.807) is 33.1 Å². The summed E-state index contributed by atoms with van der Waals surface area (Å²) in [5.74, 6) is 0.753. The zero-order valence-corrected chi connectivity index (χ0v) is 15.7. The Morgan fingerprint density at radius 3 is 2.00 bits per heavy atom. The predicted octanol–water partition coefficient (Wildman–Crippen LogP) is 3.86. The molecule has 0 heterocycles. The van der Waals surface area contributed by atoms with Gasteiger partial charge in [0.2, 0.25) is 0 Å². The zero-order chi connectivity index (χ0) is 18.3. The lowest BCUT2D eigenvalue weighted by Gasteiger charge is -2.18. The third kappa shape index (κ3) is 5.16. The van der Waals surface area contributed by atoms with Gasteiger partial charge >= 0.3 is 7.60 Å². The highest BCUT2D eigenvalue weighted by atomic mass is 31.2. The zero-order valence-electron chi connectivity index (χ0n) is 14.8. The van der Waals surface area contributed by atoms with Crippen molar-refractivity contribution in [3.63, 3.8) is 0 Å². The molecule has 1 atom stereocenters. The third-order valence-corrected chi connectivity index (χ3v) is 5.91. The average molecular weight is 364 g/mol. The van der Waals surface area contributed by atoms with E-state index in [4.69, 9.17) is 13.8 Å². The van der Waals surface area contributed by atoms with E-state index in [1.165, 1.54) is 0 Å². The lowest BCUT2D eigenvalue weighted by atomic mass is 10.0. The van der Waals surface area contributed by atoms with Gasteiger partial charge in [0.25, 0.3) is 0 Å². The van der Waals surface area contributed by atoms with E-state index in [-0.39, 0.29) is 0 Å². The molecular weight excluding hydrogens is 339 g/mol. The van der Waals surface area contributed by atoms with Crippen LogP contribution in [0.2, 0.25) is 0 Å². The second-order valence-corrected chi connectivity index (χ2v) is 7.52. The molecular formula is C19H25O5P. The fourth-order valence-electron chi connectivity index (χ4n) is 2.51. The Kier molecular flexibility index (Phi) is 7.21. The Balaban J connectivity index is 2.09. The molecule has 0 amide bonds. The highest BCUT2D eigenvalue weighted by Crippen LogP contribution is 2.46. The van der Waals surface area contributed by atoms with Crippen molar-refractivity contribution in [1.82, 2.24) is 0 Å². The summed E-state index contributed by atoms with van der Waals surface area (Å²) in [7, 11) is -1.66. The Morgan fingerprint density at radius 1 is 0.960 bits per heavy atom. The van der Waals surface area contributed by atoms with E-state index in [0.717, 1.165) is 16.9 Å². The first kappa shape index (κ1) is 19.7. The first-order chi connectivity index (χ1) is 12.0. The van der Waals surface area contributed by atoms with Crippen LogP contribution in [0, 0.1) is 0 Å². The molecule has 0 spiro atoms. The maximum Gasteiger partial charge on any atom is 0.361 e. The molecule has 0 fully saturated rings. The number of aliphatic hydroxyl groups is 1. The molecule has 2 aromatic rings. The summed E-state index contributed by atoms with van der Waals surface area (Å²) >= 11 is 0. The van der Waals surface area contributed by atoms with Crippen molar-refractivity contribution >= 4 is 12.9 Å². The van der Waals surface area contributed by atoms with Crippen molar-refractivity contribution in [3.05, 3.63) is 59.7 Å². The average Bonchev–Trinajstić information content (AvgIpc) is 2.62. The number of hydrogen-bond acceptors (Lipinski definition) is 5. The minimum Gasteiger partial charge on any atom is -0.497 e. The van der Waals surface area contributed by atoms with Crippen molar-refractivity contribution in [2.45, 2.75) is 26.4 Å². The number of aliphatic hydroxyl groups excluding tert-OH is 1. The van der Waals surface area contributed by atoms with Gasteiger partial charge in [-0.15, -0.1) is 0 Å². The second kappa shape index (κ2) is 9.16. The summed E-state index contributed by atoms with van der Waals surface area (Å²) in [5, 5.41) is 10.9. The van der Waals surface area contributed by atoms with Crippen LogP contribution in [0.5, 0.6) is 5.75 Å². The van der Waals surface area contributed by atoms with E-state index in [1.807, 2.05) is 36.4 Å². The maximum atomic E-state index is 12.7. The molecule has 0 saturated carbocycles. The van der Waals surface area contributed by atoms with Crippen LogP contribution >= 0.6 is 7.60 Å². The highest BCUT2D eigenvalue weighted by Gasteiger charge is 2.26. The molecule has 1 N–H and O–H groups in total. The van der Waals surface area contributed by atoms with E-state index >= 15 is 0 Å². The van der Waals surface area contributed by atoms with Gasteiger partial charge in [0.05, 0.1) is 31.7 Å².